The molecule has 0 heterocycles. The molecule has 1 aliphatic rings. The lowest BCUT2D eigenvalue weighted by molar-refractivity contribution is 0.305. The molecule has 1 saturated carbocycles. The first-order valence-corrected chi connectivity index (χ1v) is 12.4. The van der Waals surface area contributed by atoms with Gasteiger partial charge in [-0.15, -0.1) is 0 Å². The van der Waals surface area contributed by atoms with Crippen molar-refractivity contribution in [2.24, 2.45) is 11.7 Å². The van der Waals surface area contributed by atoms with Gasteiger partial charge >= 0.3 is 0 Å². The van der Waals surface area contributed by atoms with E-state index in [1.54, 1.807) is 18.2 Å². The normalized spacial score (nSPS) is 15.9. The molecule has 2 aromatic carbocycles. The maximum absolute atomic E-state index is 12.9. The molecular formula is C23H33N5O2S. The van der Waals surface area contributed by atoms with Crippen LogP contribution in [0, 0.1) is 11.3 Å². The number of nitrogens with two attached hydrogens (primary N) is 1. The third-order valence-electron chi connectivity index (χ3n) is 5.76. The predicted octanol–water partition coefficient (Wildman–Crippen LogP) is 4.24. The van der Waals surface area contributed by atoms with Crippen molar-refractivity contribution in [3.8, 4) is 0 Å². The summed E-state index contributed by atoms with van der Waals surface area (Å²) in [5.74, 6) is 0.596. The van der Waals surface area contributed by atoms with E-state index in [1.165, 1.54) is 44.2 Å². The van der Waals surface area contributed by atoms with Crippen LogP contribution in [0.2, 0.25) is 0 Å². The van der Waals surface area contributed by atoms with Crippen LogP contribution in [0.15, 0.2) is 53.4 Å². The lowest BCUT2D eigenvalue weighted by atomic mass is 9.85. The predicted molar refractivity (Wildman–Crippen MR) is 127 cm³/mol. The van der Waals surface area contributed by atoms with E-state index in [2.05, 4.69) is 22.3 Å². The van der Waals surface area contributed by atoms with Crippen molar-refractivity contribution in [3.63, 3.8) is 0 Å². The van der Waals surface area contributed by atoms with Gasteiger partial charge in [-0.25, -0.2) is 8.42 Å². The van der Waals surface area contributed by atoms with E-state index in [0.717, 1.165) is 17.9 Å². The molecule has 0 aromatic heterocycles. The van der Waals surface area contributed by atoms with Crippen molar-refractivity contribution in [3.05, 3.63) is 54.1 Å². The van der Waals surface area contributed by atoms with E-state index in [9.17, 15) is 8.42 Å². The number of anilines is 2. The Morgan fingerprint density at radius 1 is 1.10 bits per heavy atom. The summed E-state index contributed by atoms with van der Waals surface area (Å²) in [6.45, 7) is 2.81. The fourth-order valence-electron chi connectivity index (χ4n) is 4.14. The van der Waals surface area contributed by atoms with Crippen LogP contribution in [-0.4, -0.2) is 20.4 Å². The lowest BCUT2D eigenvalue weighted by Crippen LogP contribution is -2.29. The van der Waals surface area contributed by atoms with Gasteiger partial charge in [0.15, 0.2) is 5.96 Å². The van der Waals surface area contributed by atoms with Crippen LogP contribution in [-0.2, 0) is 16.6 Å². The third kappa shape index (κ3) is 6.97. The van der Waals surface area contributed by atoms with Crippen molar-refractivity contribution < 1.29 is 8.42 Å². The largest absolute Gasteiger partial charge is 0.370 e. The van der Waals surface area contributed by atoms with Crippen LogP contribution in [0.4, 0.5) is 11.4 Å². The Bertz CT molecular complexity index is 970. The lowest BCUT2D eigenvalue weighted by Gasteiger charge is -2.25. The van der Waals surface area contributed by atoms with Crippen molar-refractivity contribution in [1.29, 1.82) is 5.41 Å². The highest BCUT2D eigenvalue weighted by atomic mass is 32.2. The summed E-state index contributed by atoms with van der Waals surface area (Å²) >= 11 is 0. The first kappa shape index (κ1) is 23.1. The second-order valence-corrected chi connectivity index (χ2v) is 10.0. The molecule has 0 aliphatic heterocycles. The van der Waals surface area contributed by atoms with Crippen molar-refractivity contribution >= 4 is 27.4 Å². The second-order valence-electron chi connectivity index (χ2n) is 8.35. The van der Waals surface area contributed by atoms with Gasteiger partial charge in [0.05, 0.1) is 10.6 Å². The molecule has 0 saturated heterocycles. The SMILES string of the molecule is C[C@@H](CC1CCCCC1)NCc1ccccc1NS(=O)(=O)c1ccc(NC(=N)N)cc1. The van der Waals surface area contributed by atoms with Gasteiger partial charge in [0, 0.05) is 18.3 Å². The number of rotatable bonds is 9. The van der Waals surface area contributed by atoms with Gasteiger partial charge in [0.1, 0.15) is 0 Å². The Morgan fingerprint density at radius 2 is 1.77 bits per heavy atom. The van der Waals surface area contributed by atoms with Gasteiger partial charge in [-0.3, -0.25) is 10.1 Å². The number of nitrogens with one attached hydrogen (secondary N) is 4. The minimum Gasteiger partial charge on any atom is -0.370 e. The molecule has 0 unspecified atom stereocenters. The summed E-state index contributed by atoms with van der Waals surface area (Å²) in [7, 11) is -3.73. The molecule has 1 atom stereocenters. The van der Waals surface area contributed by atoms with E-state index in [-0.39, 0.29) is 10.9 Å². The van der Waals surface area contributed by atoms with Gasteiger partial charge in [0.2, 0.25) is 0 Å². The number of guanidine groups is 1. The monoisotopic (exact) mass is 443 g/mol. The standard InChI is InChI=1S/C23H33N5O2S/c1-17(15-18-7-3-2-4-8-18)26-16-19-9-5-6-10-22(19)28-31(29,30)21-13-11-20(12-14-21)27-23(24)25/h5-6,9-14,17-18,26,28H,2-4,7-8,15-16H2,1H3,(H4,24,25,27)/t17-/m0/s1. The summed E-state index contributed by atoms with van der Waals surface area (Å²) in [6, 6.07) is 14.0. The molecule has 1 aliphatic carbocycles. The van der Waals surface area contributed by atoms with E-state index in [1.807, 2.05) is 18.2 Å². The van der Waals surface area contributed by atoms with Gasteiger partial charge in [-0.1, -0.05) is 50.3 Å². The number of sulfonamides is 1. The van der Waals surface area contributed by atoms with Crippen molar-refractivity contribution in [1.82, 2.24) is 5.32 Å². The van der Waals surface area contributed by atoms with Crippen LogP contribution < -0.4 is 21.1 Å². The molecule has 8 heteroatoms. The molecule has 2 aromatic rings. The number of benzene rings is 2. The zero-order valence-corrected chi connectivity index (χ0v) is 18.8. The smallest absolute Gasteiger partial charge is 0.261 e. The van der Waals surface area contributed by atoms with Gasteiger partial charge in [0.25, 0.3) is 10.0 Å². The Hall–Kier alpha value is -2.58. The highest BCUT2D eigenvalue weighted by Crippen LogP contribution is 2.27. The Morgan fingerprint density at radius 3 is 2.45 bits per heavy atom. The van der Waals surface area contributed by atoms with Crippen molar-refractivity contribution in [2.75, 3.05) is 10.0 Å². The summed E-state index contributed by atoms with van der Waals surface area (Å²) in [5.41, 5.74) is 7.35. The maximum atomic E-state index is 12.9. The van der Waals surface area contributed by atoms with E-state index in [4.69, 9.17) is 11.1 Å². The third-order valence-corrected chi connectivity index (χ3v) is 7.14. The molecule has 0 radical (unpaired) electrons. The molecule has 0 bridgehead atoms. The first-order chi connectivity index (χ1) is 14.8. The summed E-state index contributed by atoms with van der Waals surface area (Å²) < 4.78 is 28.5. The molecule has 0 amide bonds. The Balaban J connectivity index is 1.63. The minimum atomic E-state index is -3.73. The second kappa shape index (κ2) is 10.6. The zero-order chi connectivity index (χ0) is 22.3. The van der Waals surface area contributed by atoms with E-state index in [0.29, 0.717) is 24.0 Å². The molecule has 7 nitrogen and oxygen atoms in total. The number of para-hydroxylation sites is 1. The summed E-state index contributed by atoms with van der Waals surface area (Å²) in [5, 5.41) is 13.5. The Kier molecular flexibility index (Phi) is 7.92. The van der Waals surface area contributed by atoms with E-state index < -0.39 is 10.0 Å². The van der Waals surface area contributed by atoms with Crippen molar-refractivity contribution in [2.45, 2.75) is 62.9 Å². The van der Waals surface area contributed by atoms with Gasteiger partial charge < -0.3 is 16.4 Å². The highest BCUT2D eigenvalue weighted by Gasteiger charge is 2.18. The number of hydrogen-bond donors (Lipinski definition) is 5. The summed E-state index contributed by atoms with van der Waals surface area (Å²) in [6.07, 6.45) is 7.85. The fourth-order valence-corrected chi connectivity index (χ4v) is 5.24. The molecular weight excluding hydrogens is 410 g/mol. The average Bonchev–Trinajstić information content (AvgIpc) is 2.73. The topological polar surface area (TPSA) is 120 Å². The van der Waals surface area contributed by atoms with Gasteiger partial charge in [-0.05, 0) is 55.2 Å². The fraction of sp³-hybridized carbons (Fsp3) is 0.435. The maximum Gasteiger partial charge on any atom is 0.261 e. The molecule has 31 heavy (non-hydrogen) atoms. The Labute approximate surface area is 185 Å². The van der Waals surface area contributed by atoms with Crippen LogP contribution >= 0.6 is 0 Å². The first-order valence-electron chi connectivity index (χ1n) is 10.9. The average molecular weight is 444 g/mol. The van der Waals surface area contributed by atoms with Crippen LogP contribution in [0.25, 0.3) is 0 Å². The molecule has 0 spiro atoms. The molecule has 6 N–H and O–H groups in total. The number of hydrogen-bond acceptors (Lipinski definition) is 4. The summed E-state index contributed by atoms with van der Waals surface area (Å²) in [4.78, 5) is 0.148. The quantitative estimate of drug-likeness (QED) is 0.293. The van der Waals surface area contributed by atoms with Crippen LogP contribution in [0.5, 0.6) is 0 Å². The zero-order valence-electron chi connectivity index (χ0n) is 18.0. The molecule has 168 valence electrons. The van der Waals surface area contributed by atoms with Crippen LogP contribution in [0.3, 0.4) is 0 Å². The van der Waals surface area contributed by atoms with Crippen LogP contribution in [0.1, 0.15) is 51.0 Å². The molecule has 3 rings (SSSR count). The van der Waals surface area contributed by atoms with Gasteiger partial charge in [-0.2, -0.15) is 0 Å². The minimum absolute atomic E-state index is 0.148. The molecule has 1 fully saturated rings. The highest BCUT2D eigenvalue weighted by molar-refractivity contribution is 7.92. The van der Waals surface area contributed by atoms with E-state index >= 15 is 0 Å².